The van der Waals surface area contributed by atoms with Crippen molar-refractivity contribution >= 4 is 27.3 Å². The van der Waals surface area contributed by atoms with Crippen LogP contribution in [0.4, 0.5) is 11.4 Å². The van der Waals surface area contributed by atoms with Gasteiger partial charge in [-0.2, -0.15) is 4.31 Å². The van der Waals surface area contributed by atoms with E-state index in [4.69, 9.17) is 0 Å². The highest BCUT2D eigenvalue weighted by Crippen LogP contribution is 2.31. The van der Waals surface area contributed by atoms with Gasteiger partial charge in [0.25, 0.3) is 5.69 Å². The zero-order valence-corrected chi connectivity index (χ0v) is 15.9. The van der Waals surface area contributed by atoms with E-state index in [0.717, 1.165) is 12.5 Å². The van der Waals surface area contributed by atoms with Crippen molar-refractivity contribution in [1.29, 1.82) is 0 Å². The number of benzene rings is 1. The third kappa shape index (κ3) is 4.50. The number of nitro benzene ring substituents is 1. The summed E-state index contributed by atoms with van der Waals surface area (Å²) in [5, 5.41) is 16.4. The maximum Gasteiger partial charge on any atom is 0.293 e. The fourth-order valence-corrected chi connectivity index (χ4v) is 4.89. The van der Waals surface area contributed by atoms with Crippen LogP contribution in [0.3, 0.4) is 0 Å². The van der Waals surface area contributed by atoms with Gasteiger partial charge in [0, 0.05) is 26.2 Å². The Morgan fingerprint density at radius 1 is 1.31 bits per heavy atom. The minimum absolute atomic E-state index is 0.0953. The van der Waals surface area contributed by atoms with E-state index < -0.39 is 14.9 Å². The van der Waals surface area contributed by atoms with Crippen LogP contribution in [0.5, 0.6) is 0 Å². The van der Waals surface area contributed by atoms with Crippen LogP contribution in [-0.2, 0) is 14.8 Å². The first-order valence-electron chi connectivity index (χ1n) is 8.38. The van der Waals surface area contributed by atoms with E-state index in [2.05, 4.69) is 10.6 Å². The minimum Gasteiger partial charge on any atom is -0.371 e. The Balaban J connectivity index is 2.33. The Hall–Kier alpha value is -2.20. The van der Waals surface area contributed by atoms with Gasteiger partial charge in [0.1, 0.15) is 5.69 Å². The van der Waals surface area contributed by atoms with Crippen molar-refractivity contribution in [2.75, 3.05) is 32.0 Å². The van der Waals surface area contributed by atoms with Gasteiger partial charge in [-0.3, -0.25) is 14.9 Å². The second kappa shape index (κ2) is 8.00. The van der Waals surface area contributed by atoms with Crippen LogP contribution in [-0.4, -0.2) is 50.2 Å². The number of piperidine rings is 1. The molecule has 2 atom stereocenters. The molecule has 1 aromatic rings. The van der Waals surface area contributed by atoms with E-state index in [1.807, 2.05) is 13.8 Å². The molecule has 1 heterocycles. The molecule has 0 aliphatic carbocycles. The lowest BCUT2D eigenvalue weighted by Gasteiger charge is -2.34. The largest absolute Gasteiger partial charge is 0.371 e. The van der Waals surface area contributed by atoms with Gasteiger partial charge in [-0.15, -0.1) is 0 Å². The second-order valence-corrected chi connectivity index (χ2v) is 8.67. The normalized spacial score (nSPS) is 21.2. The van der Waals surface area contributed by atoms with Crippen molar-refractivity contribution in [2.45, 2.75) is 25.2 Å². The average Bonchev–Trinajstić information content (AvgIpc) is 2.58. The molecule has 0 unspecified atom stereocenters. The number of nitrogens with one attached hydrogen (secondary N) is 2. The third-order valence-electron chi connectivity index (χ3n) is 4.36. The molecule has 144 valence electrons. The quantitative estimate of drug-likeness (QED) is 0.565. The van der Waals surface area contributed by atoms with Crippen LogP contribution in [0.25, 0.3) is 0 Å². The van der Waals surface area contributed by atoms with Crippen molar-refractivity contribution in [2.24, 2.45) is 11.8 Å². The highest BCUT2D eigenvalue weighted by atomic mass is 32.2. The molecule has 10 heteroatoms. The molecule has 26 heavy (non-hydrogen) atoms. The fourth-order valence-electron chi connectivity index (χ4n) is 3.19. The van der Waals surface area contributed by atoms with Crippen LogP contribution in [0.15, 0.2) is 23.1 Å². The zero-order valence-electron chi connectivity index (χ0n) is 15.1. The summed E-state index contributed by atoms with van der Waals surface area (Å²) in [6.45, 7) is 4.64. The number of amides is 1. The molecule has 0 radical (unpaired) electrons. The number of nitrogens with zero attached hydrogens (tertiary/aromatic N) is 2. The van der Waals surface area contributed by atoms with Gasteiger partial charge in [-0.1, -0.05) is 13.8 Å². The molecule has 0 bridgehead atoms. The number of sulfonamides is 1. The molecule has 1 aromatic carbocycles. The lowest BCUT2D eigenvalue weighted by Crippen LogP contribution is -2.42. The lowest BCUT2D eigenvalue weighted by atomic mass is 9.94. The summed E-state index contributed by atoms with van der Waals surface area (Å²) in [5.41, 5.74) is -0.286. The number of likely N-dealkylation sites (N-methyl/N-ethyl adjacent to an activating group) is 1. The van der Waals surface area contributed by atoms with Crippen LogP contribution in [0, 0.1) is 22.0 Å². The van der Waals surface area contributed by atoms with Gasteiger partial charge in [0.2, 0.25) is 15.9 Å². The maximum atomic E-state index is 12.9. The smallest absolute Gasteiger partial charge is 0.293 e. The van der Waals surface area contributed by atoms with Crippen LogP contribution in [0.2, 0.25) is 0 Å². The van der Waals surface area contributed by atoms with Crippen molar-refractivity contribution in [3.63, 3.8) is 0 Å². The molecular formula is C16H24N4O5S. The number of carbonyl (C=O) groups excluding carboxylic acids is 1. The number of carbonyl (C=O) groups is 1. The SMILES string of the molecule is CNC(=O)CNc1ccc(S(=O)(=O)N2C[C@H](C)C[C@H](C)C2)cc1[N+](=O)[O-]. The topological polar surface area (TPSA) is 122 Å². The average molecular weight is 384 g/mol. The van der Waals surface area contributed by atoms with Crippen molar-refractivity contribution in [3.8, 4) is 0 Å². The maximum absolute atomic E-state index is 12.9. The number of nitro groups is 1. The highest BCUT2D eigenvalue weighted by Gasteiger charge is 2.33. The van der Waals surface area contributed by atoms with Gasteiger partial charge in [-0.05, 0) is 30.4 Å². The predicted octanol–water partition coefficient (Wildman–Crippen LogP) is 1.42. The lowest BCUT2D eigenvalue weighted by molar-refractivity contribution is -0.384. The minimum atomic E-state index is -3.81. The summed E-state index contributed by atoms with van der Waals surface area (Å²) in [4.78, 5) is 21.9. The monoisotopic (exact) mass is 384 g/mol. The van der Waals surface area contributed by atoms with Gasteiger partial charge >= 0.3 is 0 Å². The van der Waals surface area contributed by atoms with Crippen molar-refractivity contribution < 1.29 is 18.1 Å². The molecule has 9 nitrogen and oxygen atoms in total. The number of hydrogen-bond acceptors (Lipinski definition) is 6. The Morgan fingerprint density at radius 2 is 1.92 bits per heavy atom. The first-order valence-corrected chi connectivity index (χ1v) is 9.82. The number of hydrogen-bond donors (Lipinski definition) is 2. The highest BCUT2D eigenvalue weighted by molar-refractivity contribution is 7.89. The second-order valence-electron chi connectivity index (χ2n) is 6.73. The van der Waals surface area contributed by atoms with E-state index in [1.165, 1.54) is 23.5 Å². The van der Waals surface area contributed by atoms with Crippen LogP contribution in [0.1, 0.15) is 20.3 Å². The zero-order chi connectivity index (χ0) is 19.5. The van der Waals surface area contributed by atoms with Crippen LogP contribution >= 0.6 is 0 Å². The van der Waals surface area contributed by atoms with E-state index >= 15 is 0 Å². The van der Waals surface area contributed by atoms with Crippen molar-refractivity contribution in [1.82, 2.24) is 9.62 Å². The van der Waals surface area contributed by atoms with Gasteiger partial charge in [-0.25, -0.2) is 8.42 Å². The summed E-state index contributed by atoms with van der Waals surface area (Å²) < 4.78 is 27.2. The van der Waals surface area contributed by atoms with E-state index in [9.17, 15) is 23.3 Å². The standard InChI is InChI=1S/C16H24N4O5S/c1-11-6-12(2)10-19(9-11)26(24,25)13-4-5-14(15(7-13)20(22)23)18-8-16(21)17-3/h4-5,7,11-12,18H,6,8-10H2,1-3H3,(H,17,21)/t11-,12+. The summed E-state index contributed by atoms with van der Waals surface area (Å²) in [7, 11) is -2.36. The van der Waals surface area contributed by atoms with Crippen molar-refractivity contribution in [3.05, 3.63) is 28.3 Å². The summed E-state index contributed by atoms with van der Waals surface area (Å²) >= 11 is 0. The molecule has 1 fully saturated rings. The van der Waals surface area contributed by atoms with E-state index in [1.54, 1.807) is 0 Å². The summed E-state index contributed by atoms with van der Waals surface area (Å²) in [5.74, 6) is 0.126. The molecule has 2 N–H and O–H groups in total. The molecule has 1 amide bonds. The molecule has 0 aromatic heterocycles. The summed E-state index contributed by atoms with van der Waals surface area (Å²) in [6, 6.07) is 3.70. The molecule has 1 aliphatic rings. The predicted molar refractivity (Wildman–Crippen MR) is 97.4 cm³/mol. The Morgan fingerprint density at radius 3 is 2.46 bits per heavy atom. The Labute approximate surface area is 153 Å². The van der Waals surface area contributed by atoms with Gasteiger partial charge in [0.05, 0.1) is 16.4 Å². The van der Waals surface area contributed by atoms with Crippen LogP contribution < -0.4 is 10.6 Å². The number of anilines is 1. The molecular weight excluding hydrogens is 360 g/mol. The van der Waals surface area contributed by atoms with Gasteiger partial charge < -0.3 is 10.6 Å². The molecule has 1 aliphatic heterocycles. The Kier molecular flexibility index (Phi) is 6.19. The molecule has 1 saturated heterocycles. The van der Waals surface area contributed by atoms with Gasteiger partial charge in [0.15, 0.2) is 0 Å². The first-order chi connectivity index (χ1) is 12.1. The Bertz CT molecular complexity index is 786. The molecule has 0 saturated carbocycles. The summed E-state index contributed by atoms with van der Waals surface area (Å²) in [6.07, 6.45) is 0.953. The van der Waals surface area contributed by atoms with E-state index in [-0.39, 0.29) is 40.6 Å². The van der Waals surface area contributed by atoms with E-state index in [0.29, 0.717) is 13.1 Å². The third-order valence-corrected chi connectivity index (χ3v) is 6.18. The fraction of sp³-hybridized carbons (Fsp3) is 0.562. The first kappa shape index (κ1) is 20.1. The molecule has 2 rings (SSSR count). The number of rotatable bonds is 6. The molecule has 0 spiro atoms.